The number of hydrogen-bond acceptors (Lipinski definition) is 4. The van der Waals surface area contributed by atoms with Crippen LogP contribution < -0.4 is 5.32 Å². The number of nitrogens with one attached hydrogen (secondary N) is 1. The van der Waals surface area contributed by atoms with Crippen LogP contribution in [0.3, 0.4) is 0 Å². The van der Waals surface area contributed by atoms with Crippen molar-refractivity contribution >= 4 is 12.0 Å². The Morgan fingerprint density at radius 2 is 1.82 bits per heavy atom. The molecule has 2 aliphatic rings. The van der Waals surface area contributed by atoms with Gasteiger partial charge in [-0.1, -0.05) is 24.3 Å². The molecule has 1 aliphatic heterocycles. The van der Waals surface area contributed by atoms with Gasteiger partial charge in [0.1, 0.15) is 5.60 Å². The smallest absolute Gasteiger partial charge is 0.410 e. The fourth-order valence-electron chi connectivity index (χ4n) is 3.83. The molecular formula is C22H33N3O3. The Kier molecular flexibility index (Phi) is 5.71. The summed E-state index contributed by atoms with van der Waals surface area (Å²) in [5.74, 6) is 0.0262. The predicted molar refractivity (Wildman–Crippen MR) is 109 cm³/mol. The Morgan fingerprint density at radius 3 is 2.32 bits per heavy atom. The highest BCUT2D eigenvalue weighted by Crippen LogP contribution is 2.45. The topological polar surface area (TPSA) is 61.9 Å². The Balaban J connectivity index is 1.55. The molecule has 2 fully saturated rings. The maximum atomic E-state index is 12.3. The van der Waals surface area contributed by atoms with Crippen LogP contribution in [-0.2, 0) is 21.6 Å². The fourth-order valence-corrected chi connectivity index (χ4v) is 3.83. The van der Waals surface area contributed by atoms with Crippen LogP contribution in [0.4, 0.5) is 4.79 Å². The summed E-state index contributed by atoms with van der Waals surface area (Å²) in [6.07, 6.45) is 1.79. The van der Waals surface area contributed by atoms with Crippen LogP contribution >= 0.6 is 0 Å². The monoisotopic (exact) mass is 387 g/mol. The molecule has 6 heteroatoms. The molecule has 1 heterocycles. The van der Waals surface area contributed by atoms with E-state index in [0.717, 1.165) is 25.9 Å². The highest BCUT2D eigenvalue weighted by Gasteiger charge is 2.45. The first-order valence-corrected chi connectivity index (χ1v) is 10.2. The number of piperazine rings is 1. The van der Waals surface area contributed by atoms with Gasteiger partial charge in [-0.05, 0) is 51.7 Å². The maximum absolute atomic E-state index is 12.3. The van der Waals surface area contributed by atoms with E-state index in [0.29, 0.717) is 13.1 Å². The molecule has 2 amide bonds. The van der Waals surface area contributed by atoms with Crippen molar-refractivity contribution in [1.29, 1.82) is 0 Å². The third-order valence-corrected chi connectivity index (χ3v) is 5.47. The van der Waals surface area contributed by atoms with Crippen molar-refractivity contribution in [2.75, 3.05) is 19.6 Å². The Hall–Kier alpha value is -2.08. The molecule has 1 N–H and O–H groups in total. The number of nitrogens with zero attached hydrogens (tertiary/aromatic N) is 2. The van der Waals surface area contributed by atoms with Gasteiger partial charge < -0.3 is 15.0 Å². The number of amides is 2. The van der Waals surface area contributed by atoms with Crippen molar-refractivity contribution in [2.45, 2.75) is 71.2 Å². The number of carbonyl (C=O) groups excluding carboxylic acids is 2. The summed E-state index contributed by atoms with van der Waals surface area (Å²) in [6.45, 7) is 12.5. The molecule has 0 bridgehead atoms. The molecule has 1 aliphatic carbocycles. The average molecular weight is 388 g/mol. The molecule has 28 heavy (non-hydrogen) atoms. The van der Waals surface area contributed by atoms with Gasteiger partial charge in [0.25, 0.3) is 0 Å². The average Bonchev–Trinajstić information content (AvgIpc) is 3.35. The molecule has 0 radical (unpaired) electrons. The van der Waals surface area contributed by atoms with E-state index in [4.69, 9.17) is 4.74 Å². The van der Waals surface area contributed by atoms with E-state index in [-0.39, 0.29) is 23.6 Å². The minimum Gasteiger partial charge on any atom is -0.444 e. The van der Waals surface area contributed by atoms with Crippen molar-refractivity contribution in [1.82, 2.24) is 15.1 Å². The fraction of sp³-hybridized carbons (Fsp3) is 0.636. The van der Waals surface area contributed by atoms with Gasteiger partial charge in [0.2, 0.25) is 5.91 Å². The maximum Gasteiger partial charge on any atom is 0.410 e. The molecule has 1 aromatic rings. The van der Waals surface area contributed by atoms with Crippen molar-refractivity contribution in [2.24, 2.45) is 0 Å². The van der Waals surface area contributed by atoms with Gasteiger partial charge in [0.05, 0.1) is 5.54 Å². The van der Waals surface area contributed by atoms with Crippen LogP contribution in [0.2, 0.25) is 0 Å². The lowest BCUT2D eigenvalue weighted by Gasteiger charge is -2.40. The van der Waals surface area contributed by atoms with Crippen LogP contribution in [0, 0.1) is 0 Å². The summed E-state index contributed by atoms with van der Waals surface area (Å²) >= 11 is 0. The second-order valence-electron chi connectivity index (χ2n) is 9.21. The lowest BCUT2D eigenvalue weighted by atomic mass is 10.0. The number of rotatable bonds is 4. The number of ether oxygens (including phenoxy) is 1. The Morgan fingerprint density at radius 1 is 1.18 bits per heavy atom. The highest BCUT2D eigenvalue weighted by molar-refractivity contribution is 5.74. The lowest BCUT2D eigenvalue weighted by molar-refractivity contribution is -0.120. The first kappa shape index (κ1) is 20.6. The second kappa shape index (κ2) is 7.74. The molecule has 3 rings (SSSR count). The van der Waals surface area contributed by atoms with Gasteiger partial charge in [-0.3, -0.25) is 9.69 Å². The van der Waals surface area contributed by atoms with Crippen LogP contribution in [0.15, 0.2) is 24.3 Å². The van der Waals surface area contributed by atoms with E-state index in [1.54, 1.807) is 11.8 Å². The molecule has 1 aromatic carbocycles. The first-order chi connectivity index (χ1) is 13.1. The molecule has 0 aromatic heterocycles. The largest absolute Gasteiger partial charge is 0.444 e. The number of benzene rings is 1. The lowest BCUT2D eigenvalue weighted by Crippen LogP contribution is -2.54. The molecule has 6 nitrogen and oxygen atoms in total. The van der Waals surface area contributed by atoms with E-state index in [1.807, 2.05) is 20.8 Å². The van der Waals surface area contributed by atoms with Crippen LogP contribution in [0.25, 0.3) is 0 Å². The summed E-state index contributed by atoms with van der Waals surface area (Å²) in [5.41, 5.74) is 1.83. The second-order valence-corrected chi connectivity index (χ2v) is 9.21. The third kappa shape index (κ3) is 5.04. The Labute approximate surface area is 168 Å². The van der Waals surface area contributed by atoms with E-state index in [1.165, 1.54) is 11.1 Å². The van der Waals surface area contributed by atoms with E-state index in [9.17, 15) is 9.59 Å². The van der Waals surface area contributed by atoms with Crippen molar-refractivity contribution < 1.29 is 14.3 Å². The number of hydrogen-bond donors (Lipinski definition) is 1. The Bertz CT molecular complexity index is 720. The minimum absolute atomic E-state index is 0.0262. The van der Waals surface area contributed by atoms with E-state index in [2.05, 4.69) is 41.4 Å². The van der Waals surface area contributed by atoms with Crippen molar-refractivity contribution in [3.8, 4) is 0 Å². The van der Waals surface area contributed by atoms with E-state index < -0.39 is 5.60 Å². The van der Waals surface area contributed by atoms with Crippen LogP contribution in [-0.4, -0.2) is 53.1 Å². The summed E-state index contributed by atoms with van der Waals surface area (Å²) in [7, 11) is 0. The third-order valence-electron chi connectivity index (χ3n) is 5.47. The SMILES string of the molecule is CC(=O)NC1(c2ccc(CN3CCN(C(=O)OC(C)(C)C)CC3C)cc2)CC1. The molecule has 1 unspecified atom stereocenters. The first-order valence-electron chi connectivity index (χ1n) is 10.2. The van der Waals surface area contributed by atoms with Crippen molar-refractivity contribution in [3.63, 3.8) is 0 Å². The van der Waals surface area contributed by atoms with Crippen LogP contribution in [0.5, 0.6) is 0 Å². The molecule has 1 saturated carbocycles. The minimum atomic E-state index is -0.463. The molecule has 0 spiro atoms. The molecule has 154 valence electrons. The summed E-state index contributed by atoms with van der Waals surface area (Å²) in [5, 5.41) is 3.09. The molecular weight excluding hydrogens is 354 g/mol. The van der Waals surface area contributed by atoms with Gasteiger partial charge >= 0.3 is 6.09 Å². The summed E-state index contributed by atoms with van der Waals surface area (Å²) in [6, 6.07) is 8.86. The molecule has 1 saturated heterocycles. The number of carbonyl (C=O) groups is 2. The summed E-state index contributed by atoms with van der Waals surface area (Å²) < 4.78 is 5.50. The standard InChI is InChI=1S/C22H33N3O3/c1-16-14-25(20(27)28-21(3,4)5)13-12-24(16)15-18-6-8-19(9-7-18)22(10-11-22)23-17(2)26/h6-9,16H,10-15H2,1-5H3,(H,23,26). The van der Waals surface area contributed by atoms with Crippen molar-refractivity contribution in [3.05, 3.63) is 35.4 Å². The zero-order chi connectivity index (χ0) is 20.5. The highest BCUT2D eigenvalue weighted by atomic mass is 16.6. The van der Waals surface area contributed by atoms with Gasteiger partial charge in [0.15, 0.2) is 0 Å². The zero-order valence-corrected chi connectivity index (χ0v) is 17.7. The van der Waals surface area contributed by atoms with Gasteiger partial charge in [-0.15, -0.1) is 0 Å². The quantitative estimate of drug-likeness (QED) is 0.861. The molecule has 1 atom stereocenters. The summed E-state index contributed by atoms with van der Waals surface area (Å²) in [4.78, 5) is 27.9. The van der Waals surface area contributed by atoms with E-state index >= 15 is 0 Å². The van der Waals surface area contributed by atoms with Gasteiger partial charge in [-0.2, -0.15) is 0 Å². The van der Waals surface area contributed by atoms with Gasteiger partial charge in [0, 0.05) is 39.1 Å². The normalized spacial score (nSPS) is 21.9. The predicted octanol–water partition coefficient (Wildman–Crippen LogP) is 3.25. The van der Waals surface area contributed by atoms with Crippen LogP contribution in [0.1, 0.15) is 58.6 Å². The zero-order valence-electron chi connectivity index (χ0n) is 17.7. The van der Waals surface area contributed by atoms with Gasteiger partial charge in [-0.25, -0.2) is 4.79 Å².